The topological polar surface area (TPSA) is 122 Å². The molecule has 3 aromatic carbocycles. The summed E-state index contributed by atoms with van der Waals surface area (Å²) in [7, 11) is 7.46. The van der Waals surface area contributed by atoms with Crippen molar-refractivity contribution in [2.24, 2.45) is 5.10 Å². The van der Waals surface area contributed by atoms with Crippen molar-refractivity contribution in [1.29, 1.82) is 0 Å². The van der Waals surface area contributed by atoms with Crippen LogP contribution in [0.15, 0.2) is 59.7 Å². The first-order valence-corrected chi connectivity index (χ1v) is 11.5. The van der Waals surface area contributed by atoms with Crippen LogP contribution in [0, 0.1) is 10.1 Å². The molecule has 0 spiro atoms. The highest BCUT2D eigenvalue weighted by Gasteiger charge is 2.35. The Morgan fingerprint density at radius 3 is 2.11 bits per heavy atom. The van der Waals surface area contributed by atoms with Crippen LogP contribution in [-0.4, -0.2) is 57.1 Å². The Bertz CT molecular complexity index is 1380. The number of non-ortho nitro benzene ring substituents is 1. The maximum atomic E-state index is 13.9. The molecule has 38 heavy (non-hydrogen) atoms. The van der Waals surface area contributed by atoms with Gasteiger partial charge in [-0.1, -0.05) is 12.1 Å². The Morgan fingerprint density at radius 1 is 0.868 bits per heavy atom. The zero-order valence-electron chi connectivity index (χ0n) is 21.6. The second-order valence-electron chi connectivity index (χ2n) is 8.25. The lowest BCUT2D eigenvalue weighted by Crippen LogP contribution is -2.27. The molecule has 1 aliphatic rings. The van der Waals surface area contributed by atoms with Crippen molar-refractivity contribution in [3.8, 4) is 28.7 Å². The van der Waals surface area contributed by atoms with Crippen LogP contribution in [0.25, 0.3) is 0 Å². The summed E-state index contributed by atoms with van der Waals surface area (Å²) in [6.07, 6.45) is 0.312. The van der Waals surface area contributed by atoms with Gasteiger partial charge in [-0.25, -0.2) is 5.01 Å². The standard InChI is InChI=1S/C27H27N3O8/c1-34-22-10-9-16(12-23(22)35-2)20-15-21(17-7-6-8-19(11-17)30(32)33)29(28-20)27(31)18-13-24(36-3)26(38-5)25(14-18)37-4/h6-14,21H,15H2,1-5H3/t21-/m1/s1. The summed E-state index contributed by atoms with van der Waals surface area (Å²) in [6, 6.07) is 14.0. The number of ether oxygens (including phenoxy) is 5. The summed E-state index contributed by atoms with van der Waals surface area (Å²) in [5.74, 6) is 1.58. The van der Waals surface area contributed by atoms with Gasteiger partial charge in [-0.15, -0.1) is 0 Å². The minimum Gasteiger partial charge on any atom is -0.493 e. The predicted octanol–water partition coefficient (Wildman–Crippen LogP) is 4.63. The van der Waals surface area contributed by atoms with Crippen molar-refractivity contribution in [1.82, 2.24) is 5.01 Å². The molecule has 0 saturated carbocycles. The zero-order valence-corrected chi connectivity index (χ0v) is 21.6. The van der Waals surface area contributed by atoms with E-state index in [-0.39, 0.29) is 11.3 Å². The van der Waals surface area contributed by atoms with E-state index in [0.29, 0.717) is 46.4 Å². The molecule has 11 nitrogen and oxygen atoms in total. The van der Waals surface area contributed by atoms with Gasteiger partial charge in [0, 0.05) is 29.7 Å². The minimum absolute atomic E-state index is 0.0812. The molecule has 4 rings (SSSR count). The number of carbonyl (C=O) groups excluding carboxylic acids is 1. The highest BCUT2D eigenvalue weighted by atomic mass is 16.6. The summed E-state index contributed by atoms with van der Waals surface area (Å²) < 4.78 is 27.0. The van der Waals surface area contributed by atoms with Gasteiger partial charge >= 0.3 is 0 Å². The third-order valence-electron chi connectivity index (χ3n) is 6.21. The maximum absolute atomic E-state index is 13.9. The first kappa shape index (κ1) is 26.3. The monoisotopic (exact) mass is 521 g/mol. The molecule has 1 heterocycles. The van der Waals surface area contributed by atoms with Gasteiger partial charge in [-0.3, -0.25) is 14.9 Å². The van der Waals surface area contributed by atoms with E-state index in [1.54, 1.807) is 31.4 Å². The van der Waals surface area contributed by atoms with Gasteiger partial charge in [0.1, 0.15) is 0 Å². The number of nitro groups is 1. The average Bonchev–Trinajstić information content (AvgIpc) is 3.41. The number of amides is 1. The van der Waals surface area contributed by atoms with Gasteiger partial charge in [0.05, 0.1) is 52.2 Å². The van der Waals surface area contributed by atoms with Gasteiger partial charge in [-0.05, 0) is 35.9 Å². The normalized spacial score (nSPS) is 14.5. The summed E-state index contributed by atoms with van der Waals surface area (Å²) in [4.78, 5) is 24.9. The zero-order chi connectivity index (χ0) is 27.4. The largest absolute Gasteiger partial charge is 0.493 e. The van der Waals surface area contributed by atoms with E-state index in [1.165, 1.54) is 57.7 Å². The molecule has 0 saturated heterocycles. The number of benzene rings is 3. The summed E-state index contributed by atoms with van der Waals surface area (Å²) >= 11 is 0. The Morgan fingerprint density at radius 2 is 1.53 bits per heavy atom. The van der Waals surface area contributed by atoms with Crippen molar-refractivity contribution in [2.45, 2.75) is 12.5 Å². The van der Waals surface area contributed by atoms with Crippen LogP contribution in [0.4, 0.5) is 5.69 Å². The van der Waals surface area contributed by atoms with Crippen LogP contribution < -0.4 is 23.7 Å². The highest BCUT2D eigenvalue weighted by Crippen LogP contribution is 2.41. The van der Waals surface area contributed by atoms with Gasteiger partial charge in [-0.2, -0.15) is 5.10 Å². The van der Waals surface area contributed by atoms with E-state index in [9.17, 15) is 14.9 Å². The third kappa shape index (κ3) is 4.90. The van der Waals surface area contributed by atoms with Crippen LogP contribution in [-0.2, 0) is 0 Å². The molecule has 1 amide bonds. The molecule has 1 aliphatic heterocycles. The Hall–Kier alpha value is -4.80. The molecular weight excluding hydrogens is 494 g/mol. The SMILES string of the molecule is COc1ccc(C2=NN(C(=O)c3cc(OC)c(OC)c(OC)c3)[C@@H](c3cccc([N+](=O)[O-])c3)C2)cc1OC. The molecule has 0 N–H and O–H groups in total. The molecule has 11 heteroatoms. The lowest BCUT2D eigenvalue weighted by molar-refractivity contribution is -0.384. The van der Waals surface area contributed by atoms with E-state index < -0.39 is 16.9 Å². The second-order valence-corrected chi connectivity index (χ2v) is 8.25. The van der Waals surface area contributed by atoms with Crippen molar-refractivity contribution in [3.05, 3.63) is 81.4 Å². The Kier molecular flexibility index (Phi) is 7.66. The first-order chi connectivity index (χ1) is 18.3. The minimum atomic E-state index is -0.607. The van der Waals surface area contributed by atoms with Gasteiger partial charge < -0.3 is 23.7 Å². The molecule has 1 atom stereocenters. The summed E-state index contributed by atoms with van der Waals surface area (Å²) in [5.41, 5.74) is 2.05. The van der Waals surface area contributed by atoms with E-state index in [4.69, 9.17) is 23.7 Å². The third-order valence-corrected chi connectivity index (χ3v) is 6.21. The number of carbonyl (C=O) groups is 1. The second kappa shape index (κ2) is 11.1. The predicted molar refractivity (Wildman–Crippen MR) is 139 cm³/mol. The molecule has 0 bridgehead atoms. The quantitative estimate of drug-likeness (QED) is 0.295. The van der Waals surface area contributed by atoms with E-state index in [1.807, 2.05) is 6.07 Å². The Balaban J connectivity index is 1.82. The lowest BCUT2D eigenvalue weighted by Gasteiger charge is -2.23. The van der Waals surface area contributed by atoms with Crippen LogP contribution in [0.5, 0.6) is 28.7 Å². The van der Waals surface area contributed by atoms with E-state index in [2.05, 4.69) is 5.10 Å². The van der Waals surface area contributed by atoms with Crippen molar-refractivity contribution < 1.29 is 33.4 Å². The number of hydrogen-bond donors (Lipinski definition) is 0. The maximum Gasteiger partial charge on any atom is 0.274 e. The molecular formula is C27H27N3O8. The van der Waals surface area contributed by atoms with Crippen molar-refractivity contribution in [3.63, 3.8) is 0 Å². The summed E-state index contributed by atoms with van der Waals surface area (Å²) in [6.45, 7) is 0. The lowest BCUT2D eigenvalue weighted by atomic mass is 9.97. The fourth-order valence-corrected chi connectivity index (χ4v) is 4.33. The van der Waals surface area contributed by atoms with Gasteiger partial charge in [0.15, 0.2) is 23.0 Å². The summed E-state index contributed by atoms with van der Waals surface area (Å²) in [5, 5.41) is 17.5. The van der Waals surface area contributed by atoms with Crippen molar-refractivity contribution >= 4 is 17.3 Å². The van der Waals surface area contributed by atoms with Crippen LogP contribution in [0.1, 0.15) is 33.9 Å². The van der Waals surface area contributed by atoms with E-state index in [0.717, 1.165) is 5.56 Å². The van der Waals surface area contributed by atoms with Gasteiger partial charge in [0.25, 0.3) is 11.6 Å². The molecule has 0 aromatic heterocycles. The van der Waals surface area contributed by atoms with Crippen LogP contribution in [0.3, 0.4) is 0 Å². The smallest absolute Gasteiger partial charge is 0.274 e. The number of methoxy groups -OCH3 is 5. The number of nitro benzene ring substituents is 1. The van der Waals surface area contributed by atoms with Gasteiger partial charge in [0.2, 0.25) is 5.75 Å². The molecule has 198 valence electrons. The highest BCUT2D eigenvalue weighted by molar-refractivity contribution is 6.05. The number of hydrogen-bond acceptors (Lipinski definition) is 9. The van der Waals surface area contributed by atoms with Crippen LogP contribution in [0.2, 0.25) is 0 Å². The first-order valence-electron chi connectivity index (χ1n) is 11.5. The average molecular weight is 522 g/mol. The van der Waals surface area contributed by atoms with Crippen molar-refractivity contribution in [2.75, 3.05) is 35.5 Å². The van der Waals surface area contributed by atoms with Crippen LogP contribution >= 0.6 is 0 Å². The molecule has 0 radical (unpaired) electrons. The fraction of sp³-hybridized carbons (Fsp3) is 0.259. The number of hydrazone groups is 1. The molecule has 0 aliphatic carbocycles. The molecule has 3 aromatic rings. The fourth-order valence-electron chi connectivity index (χ4n) is 4.33. The molecule has 0 fully saturated rings. The Labute approximate surface area is 219 Å². The van der Waals surface area contributed by atoms with E-state index >= 15 is 0 Å². The number of rotatable bonds is 9. The number of nitrogens with zero attached hydrogens (tertiary/aromatic N) is 3. The molecule has 0 unspecified atom stereocenters.